The summed E-state index contributed by atoms with van der Waals surface area (Å²) in [4.78, 5) is 0. The molecule has 260 valence electrons. The fourth-order valence-electron chi connectivity index (χ4n) is 11.5. The molecule has 0 heteroatoms. The molecule has 0 heterocycles. The van der Waals surface area contributed by atoms with Crippen molar-refractivity contribution in [1.29, 1.82) is 0 Å². The van der Waals surface area contributed by atoms with Gasteiger partial charge in [0, 0.05) is 10.8 Å². The lowest BCUT2D eigenvalue weighted by Gasteiger charge is -2.30. The quantitative estimate of drug-likeness (QED) is 0.120. The van der Waals surface area contributed by atoms with Crippen LogP contribution in [0.2, 0.25) is 0 Å². The minimum absolute atomic E-state index is 0.0535. The third-order valence-electron chi connectivity index (χ3n) is 14.2. The zero-order valence-electron chi connectivity index (χ0n) is 31.7. The summed E-state index contributed by atoms with van der Waals surface area (Å²) in [5.74, 6) is 0. The van der Waals surface area contributed by atoms with Crippen LogP contribution in [0.15, 0.2) is 146 Å². The second-order valence-electron chi connectivity index (χ2n) is 16.0. The second kappa shape index (κ2) is 11.4. The van der Waals surface area contributed by atoms with Crippen molar-refractivity contribution in [2.45, 2.75) is 64.2 Å². The fourth-order valence-corrected chi connectivity index (χ4v) is 11.5. The molecule has 0 saturated carbocycles. The molecule has 9 aromatic carbocycles. The highest BCUT2D eigenvalue weighted by Crippen LogP contribution is 2.55. The van der Waals surface area contributed by atoms with Gasteiger partial charge in [-0.3, -0.25) is 0 Å². The maximum absolute atomic E-state index is 2.52. The van der Waals surface area contributed by atoms with E-state index >= 15 is 0 Å². The van der Waals surface area contributed by atoms with E-state index in [0.29, 0.717) is 0 Å². The van der Waals surface area contributed by atoms with Gasteiger partial charge in [0.25, 0.3) is 0 Å². The lowest BCUT2D eigenvalue weighted by atomic mass is 9.73. The van der Waals surface area contributed by atoms with Gasteiger partial charge >= 0.3 is 0 Å². The van der Waals surface area contributed by atoms with Gasteiger partial charge in [0.1, 0.15) is 0 Å². The second-order valence-corrected chi connectivity index (χ2v) is 16.0. The zero-order chi connectivity index (χ0) is 36.3. The first-order valence-electron chi connectivity index (χ1n) is 20.2. The Bertz CT molecular complexity index is 2760. The van der Waals surface area contributed by atoms with Crippen molar-refractivity contribution in [1.82, 2.24) is 0 Å². The molecule has 11 rings (SSSR count). The number of benzene rings is 9. The van der Waals surface area contributed by atoms with Crippen LogP contribution in [0.3, 0.4) is 0 Å². The predicted octanol–water partition coefficient (Wildman–Crippen LogP) is 15.2. The van der Waals surface area contributed by atoms with Gasteiger partial charge in [0.05, 0.1) is 0 Å². The minimum Gasteiger partial charge on any atom is -0.0642 e. The topological polar surface area (TPSA) is 0 Å². The van der Waals surface area contributed by atoms with Crippen LogP contribution in [-0.2, 0) is 10.8 Å². The number of rotatable bonds is 6. The van der Waals surface area contributed by atoms with Crippen molar-refractivity contribution < 1.29 is 0 Å². The van der Waals surface area contributed by atoms with E-state index in [-0.39, 0.29) is 10.8 Å². The van der Waals surface area contributed by atoms with E-state index in [4.69, 9.17) is 0 Å². The van der Waals surface area contributed by atoms with Crippen LogP contribution >= 0.6 is 0 Å². The standard InChI is InChI=1S/C54H44/c1-5-53(6-2)47-21-11-9-15-37(47)39-25-23-33(31-49(39)53)35-27-29-45-44-20-14-18-42-36(28-30-46(52(42)44)43-19-13-17-41(35)51(43)45)34-24-26-40-38-16-10-12-22-48(38)54(7-3,8-4)50(40)32-34/h9-32H,5-8H2,1-4H3. The zero-order valence-corrected chi connectivity index (χ0v) is 31.7. The van der Waals surface area contributed by atoms with Gasteiger partial charge in [-0.1, -0.05) is 161 Å². The average Bonchev–Trinajstić information content (AvgIpc) is 3.68. The van der Waals surface area contributed by atoms with Gasteiger partial charge in [-0.15, -0.1) is 0 Å². The molecule has 0 bridgehead atoms. The van der Waals surface area contributed by atoms with E-state index in [0.717, 1.165) is 25.7 Å². The Morgan fingerprint density at radius 2 is 0.648 bits per heavy atom. The van der Waals surface area contributed by atoms with Crippen LogP contribution in [-0.4, -0.2) is 0 Å². The van der Waals surface area contributed by atoms with Crippen molar-refractivity contribution in [2.75, 3.05) is 0 Å². The van der Waals surface area contributed by atoms with E-state index < -0.39 is 0 Å². The Labute approximate surface area is 318 Å². The normalized spacial score (nSPS) is 14.9. The van der Waals surface area contributed by atoms with Crippen molar-refractivity contribution in [3.05, 3.63) is 168 Å². The molecule has 0 saturated heterocycles. The summed E-state index contributed by atoms with van der Waals surface area (Å²) in [5.41, 5.74) is 16.9. The van der Waals surface area contributed by atoms with Gasteiger partial charge in [-0.25, -0.2) is 0 Å². The number of hydrogen-bond donors (Lipinski definition) is 0. The molecular formula is C54H44. The molecular weight excluding hydrogens is 649 g/mol. The molecule has 0 atom stereocenters. The van der Waals surface area contributed by atoms with Gasteiger partial charge in [0.15, 0.2) is 0 Å². The molecule has 2 aliphatic rings. The summed E-state index contributed by atoms with van der Waals surface area (Å²) >= 11 is 0. The molecule has 0 unspecified atom stereocenters. The van der Waals surface area contributed by atoms with Crippen LogP contribution in [0.1, 0.15) is 75.6 Å². The van der Waals surface area contributed by atoms with Gasteiger partial charge in [-0.2, -0.15) is 0 Å². The van der Waals surface area contributed by atoms with Crippen molar-refractivity contribution in [3.8, 4) is 44.5 Å². The maximum atomic E-state index is 2.52. The Kier molecular flexibility index (Phi) is 6.70. The van der Waals surface area contributed by atoms with Crippen LogP contribution in [0.4, 0.5) is 0 Å². The average molecular weight is 693 g/mol. The lowest BCUT2D eigenvalue weighted by molar-refractivity contribution is 0.490. The molecule has 54 heavy (non-hydrogen) atoms. The van der Waals surface area contributed by atoms with Crippen molar-refractivity contribution >= 4 is 43.1 Å². The van der Waals surface area contributed by atoms with Gasteiger partial charge in [0.2, 0.25) is 0 Å². The summed E-state index contributed by atoms with van der Waals surface area (Å²) in [6.45, 7) is 9.45. The Morgan fingerprint density at radius 3 is 1.07 bits per heavy atom. The summed E-state index contributed by atoms with van der Waals surface area (Å²) in [6.07, 6.45) is 4.39. The Morgan fingerprint density at radius 1 is 0.296 bits per heavy atom. The fraction of sp³-hybridized carbons (Fsp3) is 0.185. The third-order valence-corrected chi connectivity index (χ3v) is 14.2. The van der Waals surface area contributed by atoms with Crippen LogP contribution in [0.5, 0.6) is 0 Å². The third kappa shape index (κ3) is 3.89. The lowest BCUT2D eigenvalue weighted by Crippen LogP contribution is -2.23. The van der Waals surface area contributed by atoms with Crippen LogP contribution in [0, 0.1) is 0 Å². The van der Waals surface area contributed by atoms with Crippen LogP contribution < -0.4 is 0 Å². The summed E-state index contributed by atoms with van der Waals surface area (Å²) in [6, 6.07) is 56.3. The first kappa shape index (κ1) is 31.8. The molecule has 0 radical (unpaired) electrons. The largest absolute Gasteiger partial charge is 0.0642 e. The minimum atomic E-state index is 0.0535. The van der Waals surface area contributed by atoms with Crippen molar-refractivity contribution in [2.24, 2.45) is 0 Å². The molecule has 9 aromatic rings. The summed E-state index contributed by atoms with van der Waals surface area (Å²) in [5, 5.41) is 10.8. The summed E-state index contributed by atoms with van der Waals surface area (Å²) < 4.78 is 0. The monoisotopic (exact) mass is 692 g/mol. The van der Waals surface area contributed by atoms with E-state index in [1.807, 2.05) is 0 Å². The van der Waals surface area contributed by atoms with E-state index in [2.05, 4.69) is 173 Å². The first-order valence-corrected chi connectivity index (χ1v) is 20.2. The predicted molar refractivity (Wildman–Crippen MR) is 232 cm³/mol. The first-order chi connectivity index (χ1) is 26.6. The van der Waals surface area contributed by atoms with E-state index in [1.54, 1.807) is 0 Å². The van der Waals surface area contributed by atoms with Crippen LogP contribution in [0.25, 0.3) is 87.6 Å². The molecule has 0 aromatic heterocycles. The van der Waals surface area contributed by atoms with Gasteiger partial charge in [-0.05, 0) is 148 Å². The molecule has 0 N–H and O–H groups in total. The molecule has 0 fully saturated rings. The highest BCUT2D eigenvalue weighted by Gasteiger charge is 2.41. The van der Waals surface area contributed by atoms with Crippen molar-refractivity contribution in [3.63, 3.8) is 0 Å². The molecule has 0 aliphatic heterocycles. The maximum Gasteiger partial charge on any atom is 0.0210 e. The Hall–Kier alpha value is -5.72. The number of fused-ring (bicyclic) bond motifs is 8. The molecule has 2 aliphatic carbocycles. The van der Waals surface area contributed by atoms with Gasteiger partial charge < -0.3 is 0 Å². The highest BCUT2D eigenvalue weighted by atomic mass is 14.4. The number of hydrogen-bond acceptors (Lipinski definition) is 0. The van der Waals surface area contributed by atoms with E-state index in [9.17, 15) is 0 Å². The van der Waals surface area contributed by atoms with E-state index in [1.165, 1.54) is 110 Å². The smallest absolute Gasteiger partial charge is 0.0210 e. The molecule has 0 nitrogen and oxygen atoms in total. The Balaban J connectivity index is 1.11. The molecule has 0 spiro atoms. The summed E-state index contributed by atoms with van der Waals surface area (Å²) in [7, 11) is 0. The SMILES string of the molecule is CCC1(CC)c2ccccc2-c2ccc(-c3ccc4c5cccc6c(-c7ccc8c(c7)C(CC)(CC)c7ccccc7-8)ccc(c7cccc3c74)c65)cc21. The molecule has 0 amide bonds. The highest BCUT2D eigenvalue weighted by molar-refractivity contribution is 6.35.